The molecule has 7 heteroatoms. The number of hydrogen-bond acceptors (Lipinski definition) is 5. The van der Waals surface area contributed by atoms with Gasteiger partial charge < -0.3 is 4.90 Å². The fourth-order valence-electron chi connectivity index (χ4n) is 1.71. The Kier molecular flexibility index (Phi) is 4.44. The van der Waals surface area contributed by atoms with Gasteiger partial charge in [-0.3, -0.25) is 20.8 Å². The molecule has 0 aliphatic rings. The minimum absolute atomic E-state index is 0.219. The number of tetrazole rings is 1. The molecule has 1 aromatic heterocycles. The zero-order valence-corrected chi connectivity index (χ0v) is 11.0. The fraction of sp³-hybridized carbons (Fsp3) is 0.333. The first-order valence-electron chi connectivity index (χ1n) is 6.16. The van der Waals surface area contributed by atoms with Crippen molar-refractivity contribution < 1.29 is 0 Å². The Morgan fingerprint density at radius 2 is 2.00 bits per heavy atom. The smallest absolute Gasteiger partial charge is 0.0830 e. The highest BCUT2D eigenvalue weighted by Gasteiger charge is 1.99. The summed E-state index contributed by atoms with van der Waals surface area (Å²) in [6.45, 7) is 6.28. The van der Waals surface area contributed by atoms with Crippen LogP contribution in [0.3, 0.4) is 0 Å². The number of nitrogens with one attached hydrogen (secondary N) is 1. The fourth-order valence-corrected chi connectivity index (χ4v) is 1.71. The molecule has 7 nitrogen and oxygen atoms in total. The van der Waals surface area contributed by atoms with E-state index in [1.54, 1.807) is 6.21 Å². The summed E-state index contributed by atoms with van der Waals surface area (Å²) in [7, 11) is 0. The molecule has 0 amide bonds. The van der Waals surface area contributed by atoms with Crippen LogP contribution in [0.5, 0.6) is 0 Å². The normalized spacial score (nSPS) is 10.8. The number of hydrogen-bond donors (Lipinski definition) is 1. The summed E-state index contributed by atoms with van der Waals surface area (Å²) in [4.78, 5) is 2.28. The molecule has 1 aromatic carbocycles. The lowest BCUT2D eigenvalue weighted by Gasteiger charge is -2.20. The van der Waals surface area contributed by atoms with Crippen molar-refractivity contribution in [2.24, 2.45) is 5.10 Å². The lowest BCUT2D eigenvalue weighted by molar-refractivity contribution is 0.866. The standard InChI is InChI=1S/C12H16N7/c1-3-19(4-2)11-7-5-10(6-8-11)9-13-14-12-15-17-18-16-12/h5-9H,3-4H2,1-2H3,(H-,14,15,16,17,18)/q-1/b13-9-. The van der Waals surface area contributed by atoms with E-state index in [2.05, 4.69) is 62.0 Å². The molecule has 0 spiro atoms. The van der Waals surface area contributed by atoms with E-state index in [0.29, 0.717) is 0 Å². The van der Waals surface area contributed by atoms with E-state index < -0.39 is 0 Å². The molecule has 0 bridgehead atoms. The van der Waals surface area contributed by atoms with Crippen LogP contribution in [0.4, 0.5) is 11.6 Å². The van der Waals surface area contributed by atoms with Crippen LogP contribution >= 0.6 is 0 Å². The van der Waals surface area contributed by atoms with Crippen molar-refractivity contribution in [3.05, 3.63) is 35.3 Å². The van der Waals surface area contributed by atoms with Gasteiger partial charge in [0.05, 0.1) is 5.95 Å². The summed E-state index contributed by atoms with van der Waals surface area (Å²) < 4.78 is 0. The van der Waals surface area contributed by atoms with Gasteiger partial charge in [0.25, 0.3) is 0 Å². The molecule has 0 atom stereocenters. The highest BCUT2D eigenvalue weighted by atomic mass is 15.5. The minimum Gasteiger partial charge on any atom is -0.372 e. The lowest BCUT2D eigenvalue weighted by Crippen LogP contribution is -2.21. The second-order valence-electron chi connectivity index (χ2n) is 3.82. The summed E-state index contributed by atoms with van der Waals surface area (Å²) in [6, 6.07) is 8.15. The lowest BCUT2D eigenvalue weighted by atomic mass is 10.2. The summed E-state index contributed by atoms with van der Waals surface area (Å²) in [5.41, 5.74) is 5.98. The number of H-pyrrole nitrogens is 1. The molecular formula is C12H16N7-. The van der Waals surface area contributed by atoms with Gasteiger partial charge in [-0.2, -0.15) is 0 Å². The first-order chi connectivity index (χ1) is 9.33. The Morgan fingerprint density at radius 3 is 2.58 bits per heavy atom. The monoisotopic (exact) mass is 258 g/mol. The first kappa shape index (κ1) is 13.0. The third-order valence-electron chi connectivity index (χ3n) is 2.71. The van der Waals surface area contributed by atoms with Crippen molar-refractivity contribution in [2.75, 3.05) is 18.0 Å². The molecule has 1 heterocycles. The summed E-state index contributed by atoms with van der Waals surface area (Å²) in [5, 5.41) is 16.9. The molecule has 0 saturated carbocycles. The van der Waals surface area contributed by atoms with Gasteiger partial charge in [0.1, 0.15) is 0 Å². The third kappa shape index (κ3) is 3.51. The van der Waals surface area contributed by atoms with Crippen LogP contribution in [0.2, 0.25) is 0 Å². The Labute approximate surface area is 111 Å². The highest BCUT2D eigenvalue weighted by molar-refractivity contribution is 5.81. The predicted molar refractivity (Wildman–Crippen MR) is 74.8 cm³/mol. The highest BCUT2D eigenvalue weighted by Crippen LogP contribution is 2.14. The second kappa shape index (κ2) is 6.48. The molecular weight excluding hydrogens is 242 g/mol. The number of aromatic amines is 1. The van der Waals surface area contributed by atoms with Gasteiger partial charge >= 0.3 is 0 Å². The van der Waals surface area contributed by atoms with Crippen molar-refractivity contribution in [2.45, 2.75) is 13.8 Å². The van der Waals surface area contributed by atoms with Crippen LogP contribution in [-0.4, -0.2) is 39.9 Å². The number of aromatic nitrogens is 4. The molecule has 0 unspecified atom stereocenters. The van der Waals surface area contributed by atoms with E-state index >= 15 is 0 Å². The van der Waals surface area contributed by atoms with E-state index in [0.717, 1.165) is 18.7 Å². The maximum Gasteiger partial charge on any atom is 0.0830 e. The van der Waals surface area contributed by atoms with Crippen molar-refractivity contribution in [1.82, 2.24) is 20.6 Å². The van der Waals surface area contributed by atoms with E-state index in [1.807, 2.05) is 12.1 Å². The molecule has 19 heavy (non-hydrogen) atoms. The van der Waals surface area contributed by atoms with Crippen LogP contribution in [-0.2, 0) is 0 Å². The van der Waals surface area contributed by atoms with Gasteiger partial charge in [-0.1, -0.05) is 12.1 Å². The van der Waals surface area contributed by atoms with Gasteiger partial charge in [-0.05, 0) is 31.5 Å². The number of nitrogens with zero attached hydrogens (tertiary/aromatic N) is 6. The van der Waals surface area contributed by atoms with Crippen molar-refractivity contribution in [3.63, 3.8) is 0 Å². The Balaban J connectivity index is 1.96. The van der Waals surface area contributed by atoms with Gasteiger partial charge in [0.2, 0.25) is 0 Å². The number of benzene rings is 1. The maximum absolute atomic E-state index is 3.90. The average molecular weight is 258 g/mol. The quantitative estimate of drug-likeness (QED) is 0.635. The van der Waals surface area contributed by atoms with Crippen LogP contribution in [0.1, 0.15) is 19.4 Å². The van der Waals surface area contributed by atoms with Crippen LogP contribution in [0.25, 0.3) is 5.43 Å². The zero-order valence-electron chi connectivity index (χ0n) is 11.0. The average Bonchev–Trinajstić information content (AvgIpc) is 2.95. The van der Waals surface area contributed by atoms with Gasteiger partial charge in [-0.15, -0.1) is 5.21 Å². The summed E-state index contributed by atoms with van der Waals surface area (Å²) >= 11 is 0. The number of anilines is 1. The third-order valence-corrected chi connectivity index (χ3v) is 2.71. The molecule has 0 aliphatic heterocycles. The Hall–Kier alpha value is -2.44. The minimum atomic E-state index is 0.219. The van der Waals surface area contributed by atoms with Gasteiger partial charge in [-0.25, -0.2) is 5.10 Å². The maximum atomic E-state index is 3.90. The van der Waals surface area contributed by atoms with Crippen molar-refractivity contribution in [1.29, 1.82) is 0 Å². The first-order valence-corrected chi connectivity index (χ1v) is 6.16. The summed E-state index contributed by atoms with van der Waals surface area (Å²) in [5.74, 6) is 0.219. The van der Waals surface area contributed by atoms with Crippen molar-refractivity contribution >= 4 is 17.9 Å². The molecule has 2 rings (SSSR count). The Morgan fingerprint density at radius 1 is 1.26 bits per heavy atom. The predicted octanol–water partition coefficient (Wildman–Crippen LogP) is 2.09. The topological polar surface area (TPSA) is 84.2 Å². The zero-order chi connectivity index (χ0) is 13.5. The van der Waals surface area contributed by atoms with Gasteiger partial charge in [0, 0.05) is 25.0 Å². The number of rotatable bonds is 6. The largest absolute Gasteiger partial charge is 0.372 e. The van der Waals surface area contributed by atoms with Crippen LogP contribution < -0.4 is 4.90 Å². The molecule has 2 aromatic rings. The van der Waals surface area contributed by atoms with E-state index in [-0.39, 0.29) is 5.95 Å². The SMILES string of the molecule is CCN(CC)c1ccc(/C=N\[N-]c2nn[nH]n2)cc1. The van der Waals surface area contributed by atoms with Crippen molar-refractivity contribution in [3.8, 4) is 0 Å². The molecule has 0 saturated heterocycles. The van der Waals surface area contributed by atoms with E-state index in [4.69, 9.17) is 0 Å². The molecule has 0 aliphatic carbocycles. The van der Waals surface area contributed by atoms with E-state index in [9.17, 15) is 0 Å². The van der Waals surface area contributed by atoms with Gasteiger partial charge in [0.15, 0.2) is 0 Å². The molecule has 0 fully saturated rings. The Bertz CT molecular complexity index is 499. The van der Waals surface area contributed by atoms with Crippen LogP contribution in [0, 0.1) is 0 Å². The van der Waals surface area contributed by atoms with Crippen LogP contribution in [0.15, 0.2) is 29.4 Å². The second-order valence-corrected chi connectivity index (χ2v) is 3.82. The molecule has 100 valence electrons. The van der Waals surface area contributed by atoms with E-state index in [1.165, 1.54) is 5.69 Å². The molecule has 1 N–H and O–H groups in total. The summed E-state index contributed by atoms with van der Waals surface area (Å²) in [6.07, 6.45) is 1.66. The molecule has 0 radical (unpaired) electrons.